The molecule has 29 heavy (non-hydrogen) atoms. The van der Waals surface area contributed by atoms with Gasteiger partial charge in [0.15, 0.2) is 0 Å². The van der Waals surface area contributed by atoms with Gasteiger partial charge in [-0.25, -0.2) is 0 Å². The summed E-state index contributed by atoms with van der Waals surface area (Å²) >= 11 is 6.25. The summed E-state index contributed by atoms with van der Waals surface area (Å²) < 4.78 is 40.4. The fourth-order valence-electron chi connectivity index (χ4n) is 3.06. The number of carbonyl (C=O) groups excluding carboxylic acids is 1. The molecule has 2 rings (SSSR count). The molecule has 0 fully saturated rings. The van der Waals surface area contributed by atoms with Crippen molar-refractivity contribution in [1.82, 2.24) is 4.90 Å². The summed E-state index contributed by atoms with van der Waals surface area (Å²) in [6.07, 6.45) is -4.31. The third-order valence-electron chi connectivity index (χ3n) is 4.55. The van der Waals surface area contributed by atoms with Crippen molar-refractivity contribution in [1.29, 1.82) is 5.26 Å². The first-order valence-electron chi connectivity index (χ1n) is 8.92. The highest BCUT2D eigenvalue weighted by molar-refractivity contribution is 6.31. The van der Waals surface area contributed by atoms with Crippen LogP contribution >= 0.6 is 11.6 Å². The Morgan fingerprint density at radius 3 is 2.38 bits per heavy atom. The van der Waals surface area contributed by atoms with Crippen LogP contribution in [0.2, 0.25) is 5.02 Å². The number of rotatable bonds is 6. The molecule has 0 aromatic heterocycles. The predicted molar refractivity (Wildman–Crippen MR) is 107 cm³/mol. The number of carbonyl (C=O) groups is 1. The van der Waals surface area contributed by atoms with Crippen LogP contribution in [-0.4, -0.2) is 30.9 Å². The van der Waals surface area contributed by atoms with E-state index in [4.69, 9.17) is 16.9 Å². The van der Waals surface area contributed by atoms with Crippen LogP contribution in [0.25, 0.3) is 0 Å². The molecule has 0 N–H and O–H groups in total. The van der Waals surface area contributed by atoms with Crippen molar-refractivity contribution in [3.63, 3.8) is 0 Å². The SMILES string of the molecule is CC[C@H](C(=O)N(C)C)N(Cc1ccccc1Cl)c1ccc(C#N)c(C(F)(F)F)c1. The van der Waals surface area contributed by atoms with Gasteiger partial charge in [-0.15, -0.1) is 0 Å². The van der Waals surface area contributed by atoms with Crippen LogP contribution in [0.15, 0.2) is 42.5 Å². The molecule has 0 heterocycles. The van der Waals surface area contributed by atoms with E-state index < -0.39 is 23.3 Å². The topological polar surface area (TPSA) is 47.3 Å². The maximum atomic E-state index is 13.5. The molecule has 0 aliphatic rings. The van der Waals surface area contributed by atoms with Gasteiger partial charge in [0.05, 0.1) is 17.2 Å². The molecule has 0 saturated heterocycles. The first-order chi connectivity index (χ1) is 13.6. The number of anilines is 1. The Morgan fingerprint density at radius 1 is 1.21 bits per heavy atom. The average molecular weight is 424 g/mol. The normalized spacial score (nSPS) is 12.2. The zero-order chi connectivity index (χ0) is 21.8. The monoisotopic (exact) mass is 423 g/mol. The van der Waals surface area contributed by atoms with Crippen LogP contribution in [0.4, 0.5) is 18.9 Å². The molecule has 0 radical (unpaired) electrons. The summed E-state index contributed by atoms with van der Waals surface area (Å²) in [5, 5.41) is 9.51. The summed E-state index contributed by atoms with van der Waals surface area (Å²) in [6, 6.07) is 11.3. The summed E-state index contributed by atoms with van der Waals surface area (Å²) in [4.78, 5) is 15.7. The fraction of sp³-hybridized carbons (Fsp3) is 0.333. The van der Waals surface area contributed by atoms with Gasteiger partial charge in [0.1, 0.15) is 6.04 Å². The average Bonchev–Trinajstić information content (AvgIpc) is 2.67. The highest BCUT2D eigenvalue weighted by Crippen LogP contribution is 2.36. The fourth-order valence-corrected chi connectivity index (χ4v) is 3.26. The van der Waals surface area contributed by atoms with Crippen molar-refractivity contribution in [2.24, 2.45) is 0 Å². The van der Waals surface area contributed by atoms with E-state index in [0.717, 1.165) is 12.1 Å². The first kappa shape index (κ1) is 22.6. The van der Waals surface area contributed by atoms with Gasteiger partial charge in [0.25, 0.3) is 0 Å². The zero-order valence-corrected chi connectivity index (χ0v) is 17.1. The summed E-state index contributed by atoms with van der Waals surface area (Å²) in [7, 11) is 3.19. The maximum Gasteiger partial charge on any atom is 0.417 e. The van der Waals surface area contributed by atoms with Gasteiger partial charge in [0.2, 0.25) is 5.91 Å². The van der Waals surface area contributed by atoms with Crippen LogP contribution in [0.3, 0.4) is 0 Å². The minimum Gasteiger partial charge on any atom is -0.355 e. The highest BCUT2D eigenvalue weighted by atomic mass is 35.5. The first-order valence-corrected chi connectivity index (χ1v) is 9.30. The van der Waals surface area contributed by atoms with E-state index in [-0.39, 0.29) is 18.1 Å². The lowest BCUT2D eigenvalue weighted by Crippen LogP contribution is -2.46. The second kappa shape index (κ2) is 9.19. The number of hydrogen-bond acceptors (Lipinski definition) is 3. The van der Waals surface area contributed by atoms with Crippen LogP contribution in [0.1, 0.15) is 30.0 Å². The number of likely N-dealkylation sites (N-methyl/N-ethyl adjacent to an activating group) is 1. The van der Waals surface area contributed by atoms with Crippen molar-refractivity contribution in [3.8, 4) is 6.07 Å². The molecule has 0 saturated carbocycles. The van der Waals surface area contributed by atoms with Gasteiger partial charge in [-0.05, 0) is 36.2 Å². The minimum atomic E-state index is -4.69. The van der Waals surface area contributed by atoms with Crippen molar-refractivity contribution in [3.05, 3.63) is 64.2 Å². The smallest absolute Gasteiger partial charge is 0.355 e. The van der Waals surface area contributed by atoms with E-state index in [9.17, 15) is 18.0 Å². The molecule has 0 aliphatic carbocycles. The predicted octanol–water partition coefficient (Wildman–Crippen LogP) is 5.10. The van der Waals surface area contributed by atoms with Gasteiger partial charge < -0.3 is 9.80 Å². The second-order valence-electron chi connectivity index (χ2n) is 6.72. The van der Waals surface area contributed by atoms with E-state index in [0.29, 0.717) is 17.0 Å². The highest BCUT2D eigenvalue weighted by Gasteiger charge is 2.35. The molecule has 4 nitrogen and oxygen atoms in total. The summed E-state index contributed by atoms with van der Waals surface area (Å²) in [5.41, 5.74) is -0.630. The number of halogens is 4. The van der Waals surface area contributed by atoms with Crippen LogP contribution in [0.5, 0.6) is 0 Å². The zero-order valence-electron chi connectivity index (χ0n) is 16.3. The molecule has 0 bridgehead atoms. The van der Waals surface area contributed by atoms with Crippen LogP contribution in [-0.2, 0) is 17.5 Å². The number of hydrogen-bond donors (Lipinski definition) is 0. The number of nitriles is 1. The number of alkyl halides is 3. The third kappa shape index (κ3) is 5.21. The quantitative estimate of drug-likeness (QED) is 0.649. The standard InChI is InChI=1S/C21H21ClF3N3O/c1-4-19(20(29)27(2)3)28(13-15-7-5-6-8-18(15)22)16-10-9-14(12-26)17(11-16)21(23,24)25/h5-11,19H,4,13H2,1-3H3/t19-/m1/s1. The van der Waals surface area contributed by atoms with E-state index in [1.807, 2.05) is 0 Å². The van der Waals surface area contributed by atoms with Crippen LogP contribution in [0, 0.1) is 11.3 Å². The van der Waals surface area contributed by atoms with Crippen molar-refractivity contribution in [2.75, 3.05) is 19.0 Å². The maximum absolute atomic E-state index is 13.5. The Hall–Kier alpha value is -2.72. The molecule has 2 aromatic carbocycles. The number of benzene rings is 2. The van der Waals surface area contributed by atoms with Gasteiger partial charge in [-0.3, -0.25) is 4.79 Å². The van der Waals surface area contributed by atoms with Gasteiger partial charge in [-0.2, -0.15) is 18.4 Å². The molecule has 1 amide bonds. The lowest BCUT2D eigenvalue weighted by molar-refractivity contribution is -0.137. The Labute approximate surface area is 173 Å². The minimum absolute atomic E-state index is 0.140. The lowest BCUT2D eigenvalue weighted by atomic mass is 10.0. The lowest BCUT2D eigenvalue weighted by Gasteiger charge is -2.34. The molecule has 0 spiro atoms. The molecule has 0 unspecified atom stereocenters. The molecule has 0 aliphatic heterocycles. The Balaban J connectivity index is 2.62. The third-order valence-corrected chi connectivity index (χ3v) is 4.92. The molecular formula is C21H21ClF3N3O. The number of amides is 1. The van der Waals surface area contributed by atoms with E-state index in [1.165, 1.54) is 11.0 Å². The van der Waals surface area contributed by atoms with Gasteiger partial charge >= 0.3 is 6.18 Å². The Bertz CT molecular complexity index is 922. The van der Waals surface area contributed by atoms with E-state index in [1.54, 1.807) is 56.3 Å². The molecule has 2 aromatic rings. The van der Waals surface area contributed by atoms with Gasteiger partial charge in [-0.1, -0.05) is 36.7 Å². The Morgan fingerprint density at radius 2 is 1.86 bits per heavy atom. The summed E-state index contributed by atoms with van der Waals surface area (Å²) in [6.45, 7) is 1.93. The Kier molecular flexibility index (Phi) is 7.15. The van der Waals surface area contributed by atoms with Crippen molar-refractivity contribution in [2.45, 2.75) is 32.1 Å². The van der Waals surface area contributed by atoms with E-state index >= 15 is 0 Å². The molecule has 1 atom stereocenters. The second-order valence-corrected chi connectivity index (χ2v) is 7.12. The number of nitrogens with zero attached hydrogens (tertiary/aromatic N) is 3. The molecule has 8 heteroatoms. The van der Waals surface area contributed by atoms with Crippen LogP contribution < -0.4 is 4.90 Å². The van der Waals surface area contributed by atoms with Gasteiger partial charge in [0, 0.05) is 31.4 Å². The van der Waals surface area contributed by atoms with Crippen molar-refractivity contribution >= 4 is 23.2 Å². The molecular weight excluding hydrogens is 403 g/mol. The summed E-state index contributed by atoms with van der Waals surface area (Å²) in [5.74, 6) is -0.238. The molecule has 154 valence electrons. The largest absolute Gasteiger partial charge is 0.417 e. The van der Waals surface area contributed by atoms with E-state index in [2.05, 4.69) is 0 Å². The van der Waals surface area contributed by atoms with Crippen molar-refractivity contribution < 1.29 is 18.0 Å².